The minimum absolute atomic E-state index is 0.169. The van der Waals surface area contributed by atoms with Crippen molar-refractivity contribution in [2.24, 2.45) is 0 Å². The second-order valence-corrected chi connectivity index (χ2v) is 7.41. The average Bonchev–Trinajstić information content (AvgIpc) is 3.42. The van der Waals surface area contributed by atoms with Crippen molar-refractivity contribution < 1.29 is 4.79 Å². The highest BCUT2D eigenvalue weighted by Gasteiger charge is 2.30. The van der Waals surface area contributed by atoms with Crippen LogP contribution in [0.25, 0.3) is 16.8 Å². The predicted octanol–water partition coefficient (Wildman–Crippen LogP) is 3.35. The number of hydrogen-bond acceptors (Lipinski definition) is 4. The maximum Gasteiger partial charge on any atom is 0.227 e. The van der Waals surface area contributed by atoms with Crippen molar-refractivity contribution in [3.8, 4) is 11.1 Å². The molecule has 6 heteroatoms. The van der Waals surface area contributed by atoms with Gasteiger partial charge in [0, 0.05) is 43.2 Å². The minimum Gasteiger partial charge on any atom is -0.342 e. The number of pyridine rings is 2. The van der Waals surface area contributed by atoms with E-state index in [1.807, 2.05) is 70.2 Å². The van der Waals surface area contributed by atoms with E-state index in [1.165, 1.54) is 0 Å². The number of aromatic nitrogens is 4. The Morgan fingerprint density at radius 1 is 1.00 bits per heavy atom. The van der Waals surface area contributed by atoms with Gasteiger partial charge in [0.2, 0.25) is 5.91 Å². The lowest BCUT2D eigenvalue weighted by Crippen LogP contribution is -2.29. The summed E-state index contributed by atoms with van der Waals surface area (Å²) >= 11 is 0. The molecular weight excluding hydrogens is 362 g/mol. The summed E-state index contributed by atoms with van der Waals surface area (Å²) in [6, 6.07) is 17.9. The van der Waals surface area contributed by atoms with Crippen LogP contribution in [0.5, 0.6) is 0 Å². The summed E-state index contributed by atoms with van der Waals surface area (Å²) < 4.78 is 1.83. The highest BCUT2D eigenvalue weighted by atomic mass is 16.2. The molecule has 0 N–H and O–H groups in total. The van der Waals surface area contributed by atoms with Crippen molar-refractivity contribution in [1.82, 2.24) is 24.5 Å². The predicted molar refractivity (Wildman–Crippen MR) is 110 cm³/mol. The van der Waals surface area contributed by atoms with E-state index >= 15 is 0 Å². The average molecular weight is 383 g/mol. The lowest BCUT2D eigenvalue weighted by molar-refractivity contribution is -0.129. The molecule has 144 valence electrons. The van der Waals surface area contributed by atoms with Gasteiger partial charge in [-0.25, -0.2) is 9.50 Å². The fourth-order valence-electron chi connectivity index (χ4n) is 3.87. The van der Waals surface area contributed by atoms with Gasteiger partial charge in [-0.1, -0.05) is 30.3 Å². The third kappa shape index (κ3) is 3.61. The number of likely N-dealkylation sites (tertiary alicyclic amines) is 1. The van der Waals surface area contributed by atoms with Gasteiger partial charge in [0.15, 0.2) is 11.5 Å². The Morgan fingerprint density at radius 2 is 1.83 bits per heavy atom. The van der Waals surface area contributed by atoms with Gasteiger partial charge in [-0.2, -0.15) is 5.10 Å². The standard InChI is InChI=1S/C23H21N5O/c29-22(14-17-4-2-1-3-5-17)27-13-10-20(15-27)23-25-21-7-6-19(16-28(21)26-23)18-8-11-24-12-9-18/h1-9,11-12,16,20H,10,13-15H2/t20-/m0/s1. The Morgan fingerprint density at radius 3 is 2.66 bits per heavy atom. The summed E-state index contributed by atoms with van der Waals surface area (Å²) in [5.41, 5.74) is 4.04. The molecule has 5 rings (SSSR count). The Kier molecular flexibility index (Phi) is 4.52. The number of hydrogen-bond donors (Lipinski definition) is 0. The number of fused-ring (bicyclic) bond motifs is 1. The molecule has 1 fully saturated rings. The van der Waals surface area contributed by atoms with Gasteiger partial charge in [0.1, 0.15) is 0 Å². The van der Waals surface area contributed by atoms with Crippen LogP contribution in [0.2, 0.25) is 0 Å². The van der Waals surface area contributed by atoms with Crippen LogP contribution in [0.3, 0.4) is 0 Å². The molecule has 1 atom stereocenters. The van der Waals surface area contributed by atoms with Crippen molar-refractivity contribution in [2.75, 3.05) is 13.1 Å². The highest BCUT2D eigenvalue weighted by Crippen LogP contribution is 2.26. The molecule has 6 nitrogen and oxygen atoms in total. The molecule has 4 heterocycles. The number of carbonyl (C=O) groups is 1. The van der Waals surface area contributed by atoms with Crippen LogP contribution in [-0.4, -0.2) is 43.5 Å². The van der Waals surface area contributed by atoms with E-state index in [4.69, 9.17) is 10.1 Å². The highest BCUT2D eigenvalue weighted by molar-refractivity contribution is 5.79. The minimum atomic E-state index is 0.169. The maximum atomic E-state index is 12.6. The summed E-state index contributed by atoms with van der Waals surface area (Å²) in [7, 11) is 0. The van der Waals surface area contributed by atoms with Crippen LogP contribution >= 0.6 is 0 Å². The molecule has 0 spiro atoms. The Balaban J connectivity index is 1.32. The topological polar surface area (TPSA) is 63.4 Å². The quantitative estimate of drug-likeness (QED) is 0.542. The zero-order chi connectivity index (χ0) is 19.6. The summed E-state index contributed by atoms with van der Waals surface area (Å²) in [6.07, 6.45) is 6.91. The van der Waals surface area contributed by atoms with Crippen LogP contribution in [-0.2, 0) is 11.2 Å². The zero-order valence-corrected chi connectivity index (χ0v) is 16.0. The lowest BCUT2D eigenvalue weighted by Gasteiger charge is -2.15. The van der Waals surface area contributed by atoms with E-state index in [1.54, 1.807) is 12.4 Å². The van der Waals surface area contributed by atoms with Gasteiger partial charge in [-0.15, -0.1) is 0 Å². The van der Waals surface area contributed by atoms with E-state index in [9.17, 15) is 4.79 Å². The molecule has 1 aliphatic rings. The summed E-state index contributed by atoms with van der Waals surface area (Å²) in [4.78, 5) is 23.4. The molecule has 1 aliphatic heterocycles. The maximum absolute atomic E-state index is 12.6. The van der Waals surface area contributed by atoms with Gasteiger partial charge >= 0.3 is 0 Å². The van der Waals surface area contributed by atoms with Crippen LogP contribution in [0, 0.1) is 0 Å². The first-order valence-electron chi connectivity index (χ1n) is 9.85. The SMILES string of the molecule is O=C(Cc1ccccc1)N1CC[C@H](c2nc3ccc(-c4ccncc4)cn3n2)C1. The number of carbonyl (C=O) groups excluding carboxylic acids is 1. The van der Waals surface area contributed by atoms with Crippen molar-refractivity contribution in [1.29, 1.82) is 0 Å². The van der Waals surface area contributed by atoms with E-state index in [0.717, 1.165) is 41.1 Å². The normalized spacial score (nSPS) is 16.4. The Bertz CT molecular complexity index is 1140. The molecule has 1 saturated heterocycles. The molecule has 3 aromatic heterocycles. The first-order valence-corrected chi connectivity index (χ1v) is 9.85. The first kappa shape index (κ1) is 17.6. The number of nitrogens with zero attached hydrogens (tertiary/aromatic N) is 5. The largest absolute Gasteiger partial charge is 0.342 e. The van der Waals surface area contributed by atoms with Crippen LogP contribution in [0.4, 0.5) is 0 Å². The smallest absolute Gasteiger partial charge is 0.227 e. The lowest BCUT2D eigenvalue weighted by atomic mass is 10.1. The summed E-state index contributed by atoms with van der Waals surface area (Å²) in [5, 5.41) is 4.71. The fraction of sp³-hybridized carbons (Fsp3) is 0.217. The second kappa shape index (κ2) is 7.47. The molecule has 0 unspecified atom stereocenters. The number of benzene rings is 1. The number of rotatable bonds is 4. The molecule has 4 aromatic rings. The molecule has 29 heavy (non-hydrogen) atoms. The first-order chi connectivity index (χ1) is 14.3. The monoisotopic (exact) mass is 383 g/mol. The Hall–Kier alpha value is -3.54. The third-order valence-electron chi connectivity index (χ3n) is 5.47. The van der Waals surface area contributed by atoms with Crippen molar-refractivity contribution in [2.45, 2.75) is 18.8 Å². The van der Waals surface area contributed by atoms with Crippen molar-refractivity contribution >= 4 is 11.6 Å². The molecule has 0 radical (unpaired) electrons. The van der Waals surface area contributed by atoms with E-state index < -0.39 is 0 Å². The molecular formula is C23H21N5O. The van der Waals surface area contributed by atoms with Gasteiger partial charge in [0.05, 0.1) is 6.42 Å². The molecule has 1 amide bonds. The van der Waals surface area contributed by atoms with Crippen molar-refractivity contribution in [3.63, 3.8) is 0 Å². The van der Waals surface area contributed by atoms with Crippen LogP contribution in [0.15, 0.2) is 73.2 Å². The zero-order valence-electron chi connectivity index (χ0n) is 16.0. The van der Waals surface area contributed by atoms with Crippen molar-refractivity contribution in [3.05, 3.63) is 84.6 Å². The molecule has 0 bridgehead atoms. The van der Waals surface area contributed by atoms with Crippen LogP contribution < -0.4 is 0 Å². The van der Waals surface area contributed by atoms with E-state index in [2.05, 4.69) is 4.98 Å². The van der Waals surface area contributed by atoms with Crippen LogP contribution in [0.1, 0.15) is 23.7 Å². The molecule has 1 aromatic carbocycles. The number of amides is 1. The van der Waals surface area contributed by atoms with Gasteiger partial charge in [-0.3, -0.25) is 9.78 Å². The second-order valence-electron chi connectivity index (χ2n) is 7.41. The Labute approximate surface area is 168 Å². The van der Waals surface area contributed by atoms with E-state index in [-0.39, 0.29) is 11.8 Å². The van der Waals surface area contributed by atoms with Gasteiger partial charge in [0.25, 0.3) is 0 Å². The third-order valence-corrected chi connectivity index (χ3v) is 5.47. The van der Waals surface area contributed by atoms with Gasteiger partial charge < -0.3 is 4.90 Å². The fourth-order valence-corrected chi connectivity index (χ4v) is 3.87. The van der Waals surface area contributed by atoms with E-state index in [0.29, 0.717) is 13.0 Å². The van der Waals surface area contributed by atoms with Gasteiger partial charge in [-0.05, 0) is 41.8 Å². The molecule has 0 aliphatic carbocycles. The summed E-state index contributed by atoms with van der Waals surface area (Å²) in [6.45, 7) is 1.44. The summed E-state index contributed by atoms with van der Waals surface area (Å²) in [5.74, 6) is 1.16. The molecule has 0 saturated carbocycles.